The monoisotopic (exact) mass is 407 g/mol. The largest absolute Gasteiger partial charge is 0.372 e. The van der Waals surface area contributed by atoms with Crippen LogP contribution in [0.3, 0.4) is 0 Å². The summed E-state index contributed by atoms with van der Waals surface area (Å²) in [5, 5.41) is 3.50. The van der Waals surface area contributed by atoms with Gasteiger partial charge in [-0.25, -0.2) is 9.97 Å². The smallest absolute Gasteiger partial charge is 0.180 e. The van der Waals surface area contributed by atoms with Crippen LogP contribution < -0.4 is 10.2 Å². The van der Waals surface area contributed by atoms with E-state index in [1.165, 1.54) is 36.1 Å². The Bertz CT molecular complexity index is 1260. The number of hydrogen-bond acceptors (Lipinski definition) is 4. The fraction of sp³-hybridized carbons (Fsp3) is 0.231. The van der Waals surface area contributed by atoms with E-state index in [0.717, 1.165) is 47.9 Å². The van der Waals surface area contributed by atoms with Gasteiger partial charge in [-0.05, 0) is 67.1 Å². The van der Waals surface area contributed by atoms with Gasteiger partial charge in [0.25, 0.3) is 0 Å². The van der Waals surface area contributed by atoms with Gasteiger partial charge in [0, 0.05) is 48.6 Å². The van der Waals surface area contributed by atoms with Gasteiger partial charge < -0.3 is 14.6 Å². The molecule has 1 fully saturated rings. The summed E-state index contributed by atoms with van der Waals surface area (Å²) in [5.41, 5.74) is 7.87. The first-order chi connectivity index (χ1) is 15.3. The van der Waals surface area contributed by atoms with Gasteiger partial charge in [-0.1, -0.05) is 24.3 Å². The molecule has 6 rings (SSSR count). The number of imidazole rings is 1. The number of nitrogens with zero attached hydrogens (tertiary/aromatic N) is 4. The first-order valence-corrected chi connectivity index (χ1v) is 11.1. The number of hydrogen-bond donors (Lipinski definition) is 1. The fourth-order valence-electron chi connectivity index (χ4n) is 4.62. The maximum absolute atomic E-state index is 4.95. The predicted molar refractivity (Wildman–Crippen MR) is 127 cm³/mol. The van der Waals surface area contributed by atoms with Crippen molar-refractivity contribution in [2.24, 2.45) is 0 Å². The van der Waals surface area contributed by atoms with Crippen molar-refractivity contribution in [2.45, 2.75) is 25.7 Å². The second-order valence-corrected chi connectivity index (χ2v) is 8.37. The third-order valence-corrected chi connectivity index (χ3v) is 6.30. The van der Waals surface area contributed by atoms with Gasteiger partial charge >= 0.3 is 0 Å². The topological polar surface area (TPSA) is 45.5 Å². The molecule has 31 heavy (non-hydrogen) atoms. The molecule has 2 aromatic heterocycles. The Hall–Kier alpha value is -3.60. The van der Waals surface area contributed by atoms with Crippen molar-refractivity contribution in [1.29, 1.82) is 0 Å². The van der Waals surface area contributed by atoms with Crippen LogP contribution in [-0.4, -0.2) is 27.5 Å². The zero-order chi connectivity index (χ0) is 20.6. The Balaban J connectivity index is 1.32. The molecule has 2 aromatic carbocycles. The molecular formula is C26H25N5. The first-order valence-electron chi connectivity index (χ1n) is 11.1. The molecule has 5 heteroatoms. The molecule has 0 atom stereocenters. The summed E-state index contributed by atoms with van der Waals surface area (Å²) in [6, 6.07) is 15.3. The van der Waals surface area contributed by atoms with Gasteiger partial charge in [0.1, 0.15) is 0 Å². The maximum Gasteiger partial charge on any atom is 0.180 e. The quantitative estimate of drug-likeness (QED) is 0.471. The highest BCUT2D eigenvalue weighted by Crippen LogP contribution is 2.29. The third kappa shape index (κ3) is 3.46. The molecule has 154 valence electrons. The Morgan fingerprint density at radius 1 is 0.935 bits per heavy atom. The lowest BCUT2D eigenvalue weighted by Gasteiger charge is -2.28. The van der Waals surface area contributed by atoms with E-state index in [1.54, 1.807) is 0 Å². The summed E-state index contributed by atoms with van der Waals surface area (Å²) >= 11 is 0. The molecule has 0 spiro atoms. The van der Waals surface area contributed by atoms with Crippen molar-refractivity contribution in [3.63, 3.8) is 0 Å². The van der Waals surface area contributed by atoms with Crippen LogP contribution in [-0.2, 0) is 6.42 Å². The van der Waals surface area contributed by atoms with E-state index >= 15 is 0 Å². The molecule has 4 aromatic rings. The van der Waals surface area contributed by atoms with Gasteiger partial charge in [-0.2, -0.15) is 0 Å². The lowest BCUT2D eigenvalue weighted by atomic mass is 10.0. The van der Waals surface area contributed by atoms with E-state index < -0.39 is 0 Å². The van der Waals surface area contributed by atoms with E-state index in [0.29, 0.717) is 0 Å². The van der Waals surface area contributed by atoms with Gasteiger partial charge in [0.05, 0.1) is 5.69 Å². The molecule has 1 aliphatic carbocycles. The van der Waals surface area contributed by atoms with Gasteiger partial charge in [0.15, 0.2) is 11.5 Å². The Morgan fingerprint density at radius 3 is 2.68 bits per heavy atom. The van der Waals surface area contributed by atoms with Crippen LogP contribution in [0.2, 0.25) is 0 Å². The van der Waals surface area contributed by atoms with Crippen molar-refractivity contribution >= 4 is 28.9 Å². The van der Waals surface area contributed by atoms with Crippen LogP contribution in [0.25, 0.3) is 23.0 Å². The lowest BCUT2D eigenvalue weighted by Crippen LogP contribution is -2.29. The van der Waals surface area contributed by atoms with Crippen LogP contribution in [0, 0.1) is 0 Å². The maximum atomic E-state index is 4.95. The van der Waals surface area contributed by atoms with E-state index in [4.69, 9.17) is 4.98 Å². The number of benzene rings is 2. The van der Waals surface area contributed by atoms with Crippen molar-refractivity contribution < 1.29 is 0 Å². The molecule has 1 aliphatic heterocycles. The van der Waals surface area contributed by atoms with Crippen LogP contribution >= 0.6 is 0 Å². The number of aromatic nitrogens is 3. The van der Waals surface area contributed by atoms with Crippen LogP contribution in [0.1, 0.15) is 30.4 Å². The third-order valence-electron chi connectivity index (χ3n) is 6.30. The van der Waals surface area contributed by atoms with E-state index in [1.807, 2.05) is 16.8 Å². The molecule has 0 radical (unpaired) electrons. The zero-order valence-electron chi connectivity index (χ0n) is 17.5. The Kier molecular flexibility index (Phi) is 4.45. The minimum atomic E-state index is 0.770. The highest BCUT2D eigenvalue weighted by molar-refractivity contribution is 5.75. The highest BCUT2D eigenvalue weighted by atomic mass is 15.1. The predicted octanol–water partition coefficient (Wildman–Crippen LogP) is 5.70. The average Bonchev–Trinajstić information content (AvgIpc) is 3.49. The molecule has 0 unspecified atom stereocenters. The van der Waals surface area contributed by atoms with Crippen LogP contribution in [0.4, 0.5) is 17.2 Å². The van der Waals surface area contributed by atoms with E-state index in [2.05, 4.69) is 76.0 Å². The summed E-state index contributed by atoms with van der Waals surface area (Å²) in [5.74, 6) is 0.770. The molecule has 0 bridgehead atoms. The van der Waals surface area contributed by atoms with Gasteiger partial charge in [-0.15, -0.1) is 0 Å². The summed E-state index contributed by atoms with van der Waals surface area (Å²) < 4.78 is 2.04. The second-order valence-electron chi connectivity index (χ2n) is 8.37. The number of allylic oxidation sites excluding steroid dienone is 1. The molecule has 1 N–H and O–H groups in total. The van der Waals surface area contributed by atoms with Crippen molar-refractivity contribution in [1.82, 2.24) is 14.4 Å². The van der Waals surface area contributed by atoms with E-state index in [-0.39, 0.29) is 0 Å². The lowest BCUT2D eigenvalue weighted by molar-refractivity contribution is 0.578. The molecule has 3 heterocycles. The van der Waals surface area contributed by atoms with Crippen molar-refractivity contribution in [3.8, 4) is 11.3 Å². The minimum Gasteiger partial charge on any atom is -0.372 e. The minimum absolute atomic E-state index is 0.770. The number of nitrogens with one attached hydrogen (secondary N) is 1. The second kappa shape index (κ2) is 7.58. The molecule has 0 amide bonds. The van der Waals surface area contributed by atoms with Gasteiger partial charge in [-0.3, -0.25) is 0 Å². The molecule has 5 nitrogen and oxygen atoms in total. The number of fused-ring (bicyclic) bond motifs is 2. The summed E-state index contributed by atoms with van der Waals surface area (Å²) in [4.78, 5) is 11.9. The summed E-state index contributed by atoms with van der Waals surface area (Å²) in [6.07, 6.45) is 15.1. The normalized spacial score (nSPS) is 15.4. The zero-order valence-corrected chi connectivity index (χ0v) is 17.5. The first kappa shape index (κ1) is 18.2. The van der Waals surface area contributed by atoms with Gasteiger partial charge in [0.2, 0.25) is 0 Å². The van der Waals surface area contributed by atoms with Crippen LogP contribution in [0.15, 0.2) is 67.1 Å². The summed E-state index contributed by atoms with van der Waals surface area (Å²) in [7, 11) is 0. The standard InChI is InChI=1S/C26H25N5/c1-2-14-30(15-3-1)23-11-9-22(10-12-23)28-25-26-27-13-16-31(26)18-24(29-25)21-8-7-19-5-4-6-20(19)17-21/h4-5,7-13,16-18H,1-3,6,14-15H2,(H,28,29). The van der Waals surface area contributed by atoms with E-state index in [9.17, 15) is 0 Å². The van der Waals surface area contributed by atoms with Crippen molar-refractivity contribution in [3.05, 3.63) is 78.3 Å². The molecule has 0 saturated carbocycles. The number of piperidine rings is 1. The SMILES string of the molecule is C1=Cc2ccc(-c3cn4ccnc4c(Nc4ccc(N5CCCCC5)cc4)n3)cc2C1. The highest BCUT2D eigenvalue weighted by Gasteiger charge is 2.13. The Morgan fingerprint density at radius 2 is 1.81 bits per heavy atom. The Labute approximate surface area is 182 Å². The summed E-state index contributed by atoms with van der Waals surface area (Å²) in [6.45, 7) is 2.31. The molecule has 1 saturated heterocycles. The molecular weight excluding hydrogens is 382 g/mol. The fourth-order valence-corrected chi connectivity index (χ4v) is 4.62. The average molecular weight is 408 g/mol. The molecule has 2 aliphatic rings. The number of rotatable bonds is 4. The number of anilines is 3. The van der Waals surface area contributed by atoms with Crippen molar-refractivity contribution in [2.75, 3.05) is 23.3 Å². The van der Waals surface area contributed by atoms with Crippen LogP contribution in [0.5, 0.6) is 0 Å².